The summed E-state index contributed by atoms with van der Waals surface area (Å²) >= 11 is 6.98. The summed E-state index contributed by atoms with van der Waals surface area (Å²) in [6.45, 7) is 1.60. The Hall–Kier alpha value is -1.72. The van der Waals surface area contributed by atoms with Crippen LogP contribution in [-0.4, -0.2) is 16.6 Å². The van der Waals surface area contributed by atoms with Gasteiger partial charge in [-0.1, -0.05) is 56.1 Å². The molecule has 1 aliphatic carbocycles. The Morgan fingerprint density at radius 2 is 1.70 bits per heavy atom. The smallest absolute Gasteiger partial charge is 0.240 e. The van der Waals surface area contributed by atoms with E-state index in [1.165, 1.54) is 5.57 Å². The van der Waals surface area contributed by atoms with Gasteiger partial charge in [-0.05, 0) is 66.3 Å². The summed E-state index contributed by atoms with van der Waals surface area (Å²) in [4.78, 5) is 12.3. The summed E-state index contributed by atoms with van der Waals surface area (Å²) in [6, 6.07) is 16.5. The summed E-state index contributed by atoms with van der Waals surface area (Å²) in [6.07, 6.45) is 5.40. The van der Waals surface area contributed by atoms with Crippen LogP contribution in [0.3, 0.4) is 0 Å². The Kier molecular flexibility index (Phi) is 5.33. The van der Waals surface area contributed by atoms with E-state index in [9.17, 15) is 4.79 Å². The minimum atomic E-state index is -0.0146. The minimum absolute atomic E-state index is 0.00666. The molecular formula is C22H20Br2N2O. The number of halogens is 2. The van der Waals surface area contributed by atoms with E-state index in [1.807, 2.05) is 12.1 Å². The lowest BCUT2D eigenvalue weighted by Crippen LogP contribution is -2.30. The zero-order chi connectivity index (χ0) is 19.0. The summed E-state index contributed by atoms with van der Waals surface area (Å²) < 4.78 is 2.11. The first-order chi connectivity index (χ1) is 13.0. The van der Waals surface area contributed by atoms with Gasteiger partial charge < -0.3 is 0 Å². The molecule has 2 atom stereocenters. The first-order valence-corrected chi connectivity index (χ1v) is 10.7. The van der Waals surface area contributed by atoms with Crippen molar-refractivity contribution in [1.29, 1.82) is 0 Å². The molecule has 2 aliphatic rings. The van der Waals surface area contributed by atoms with Crippen molar-refractivity contribution in [2.24, 2.45) is 11.0 Å². The first kappa shape index (κ1) is 18.6. The fourth-order valence-corrected chi connectivity index (χ4v) is 4.54. The highest BCUT2D eigenvalue weighted by Gasteiger charge is 2.42. The van der Waals surface area contributed by atoms with Gasteiger partial charge in [0.1, 0.15) is 0 Å². The molecule has 2 aromatic carbocycles. The Morgan fingerprint density at radius 3 is 2.33 bits per heavy atom. The van der Waals surface area contributed by atoms with Gasteiger partial charge in [-0.2, -0.15) is 5.10 Å². The van der Waals surface area contributed by atoms with Crippen LogP contribution in [0.5, 0.6) is 0 Å². The summed E-state index contributed by atoms with van der Waals surface area (Å²) in [5, 5.41) is 6.48. The van der Waals surface area contributed by atoms with Crippen molar-refractivity contribution in [3.05, 3.63) is 74.2 Å². The van der Waals surface area contributed by atoms with Gasteiger partial charge in [0.25, 0.3) is 0 Å². The fraction of sp³-hybridized carbons (Fsp3) is 0.273. The van der Waals surface area contributed by atoms with Crippen LogP contribution in [-0.2, 0) is 4.79 Å². The van der Waals surface area contributed by atoms with Crippen LogP contribution in [0, 0.1) is 5.92 Å². The normalized spacial score (nSPS) is 23.3. The van der Waals surface area contributed by atoms with Gasteiger partial charge in [0.15, 0.2) is 0 Å². The summed E-state index contributed by atoms with van der Waals surface area (Å²) in [5.74, 6) is 0.248. The highest BCUT2D eigenvalue weighted by atomic mass is 79.9. The van der Waals surface area contributed by atoms with Gasteiger partial charge in [0, 0.05) is 21.8 Å². The third-order valence-corrected chi connectivity index (χ3v) is 6.30. The zero-order valence-electron chi connectivity index (χ0n) is 15.0. The maximum atomic E-state index is 12.3. The van der Waals surface area contributed by atoms with Crippen molar-refractivity contribution >= 4 is 49.6 Å². The second-order valence-electron chi connectivity index (χ2n) is 7.07. The second-order valence-corrected chi connectivity index (χ2v) is 8.90. The van der Waals surface area contributed by atoms with Crippen molar-refractivity contribution in [3.8, 4) is 0 Å². The molecule has 0 bridgehead atoms. The second kappa shape index (κ2) is 7.72. The molecule has 1 aliphatic heterocycles. The molecule has 5 heteroatoms. The van der Waals surface area contributed by atoms with Gasteiger partial charge in [-0.25, -0.2) is 5.01 Å². The van der Waals surface area contributed by atoms with Crippen LogP contribution in [0.15, 0.2) is 68.2 Å². The number of nitrogens with zero attached hydrogens (tertiary/aromatic N) is 2. The van der Waals surface area contributed by atoms with Crippen LogP contribution in [0.25, 0.3) is 6.08 Å². The molecular weight excluding hydrogens is 468 g/mol. The quantitative estimate of drug-likeness (QED) is 0.485. The SMILES string of the molecule is CC(=O)N1N=C2/C(=C/c3ccc(Br)cc3)CCC[C@H]2[C@@H]1c1ccc(Br)cc1. The molecule has 1 amide bonds. The zero-order valence-corrected chi connectivity index (χ0v) is 18.2. The first-order valence-electron chi connectivity index (χ1n) is 9.13. The molecule has 0 radical (unpaired) electrons. The predicted octanol–water partition coefficient (Wildman–Crippen LogP) is 6.35. The lowest BCUT2D eigenvalue weighted by Gasteiger charge is -2.29. The Labute approximate surface area is 176 Å². The molecule has 1 saturated carbocycles. The molecule has 27 heavy (non-hydrogen) atoms. The third kappa shape index (κ3) is 3.81. The summed E-state index contributed by atoms with van der Waals surface area (Å²) in [7, 11) is 0. The van der Waals surface area contributed by atoms with E-state index in [0.29, 0.717) is 0 Å². The molecule has 0 N–H and O–H groups in total. The molecule has 2 aromatic rings. The van der Waals surface area contributed by atoms with Crippen LogP contribution in [0.4, 0.5) is 0 Å². The van der Waals surface area contributed by atoms with Crippen molar-refractivity contribution in [2.75, 3.05) is 0 Å². The van der Waals surface area contributed by atoms with Gasteiger partial charge in [-0.3, -0.25) is 4.79 Å². The number of fused-ring (bicyclic) bond motifs is 1. The van der Waals surface area contributed by atoms with Crippen molar-refractivity contribution < 1.29 is 4.79 Å². The van der Waals surface area contributed by atoms with Gasteiger partial charge >= 0.3 is 0 Å². The van der Waals surface area contributed by atoms with Crippen LogP contribution in [0.2, 0.25) is 0 Å². The van der Waals surface area contributed by atoms with Crippen LogP contribution >= 0.6 is 31.9 Å². The van der Waals surface area contributed by atoms with Crippen molar-refractivity contribution in [2.45, 2.75) is 32.2 Å². The topological polar surface area (TPSA) is 32.7 Å². The number of hydrogen-bond donors (Lipinski definition) is 0. The number of carbonyl (C=O) groups is 1. The molecule has 0 unspecified atom stereocenters. The van der Waals surface area contributed by atoms with Gasteiger partial charge in [0.05, 0.1) is 11.8 Å². The number of allylic oxidation sites excluding steroid dienone is 1. The number of amides is 1. The largest absolute Gasteiger partial charge is 0.273 e. The fourth-order valence-electron chi connectivity index (χ4n) is 4.02. The van der Waals surface area contributed by atoms with E-state index in [2.05, 4.69) is 74.3 Å². The minimum Gasteiger partial charge on any atom is -0.273 e. The average molecular weight is 488 g/mol. The molecule has 0 saturated heterocycles. The Bertz CT molecular complexity index is 916. The highest BCUT2D eigenvalue weighted by Crippen LogP contribution is 2.44. The van der Waals surface area contributed by atoms with Crippen molar-refractivity contribution in [1.82, 2.24) is 5.01 Å². The Balaban J connectivity index is 1.72. The number of benzene rings is 2. The Morgan fingerprint density at radius 1 is 1.07 bits per heavy atom. The standard InChI is InChI=1S/C22H20Br2N2O/c1-14(27)26-22(16-7-11-19(24)12-8-16)20-4-2-3-17(21(20)25-26)13-15-5-9-18(23)10-6-15/h5-13,20,22H,2-4H2,1H3/b17-13+/t20-,22+/m1/s1. The van der Waals surface area contributed by atoms with Gasteiger partial charge in [-0.15, -0.1) is 0 Å². The van der Waals surface area contributed by atoms with E-state index >= 15 is 0 Å². The molecule has 1 heterocycles. The number of rotatable bonds is 2. The van der Waals surface area contributed by atoms with E-state index < -0.39 is 0 Å². The van der Waals surface area contributed by atoms with E-state index in [0.717, 1.165) is 45.0 Å². The molecule has 0 spiro atoms. The number of hydrogen-bond acceptors (Lipinski definition) is 2. The third-order valence-electron chi connectivity index (χ3n) is 5.25. The number of hydrazone groups is 1. The molecule has 0 aromatic heterocycles. The lowest BCUT2D eigenvalue weighted by molar-refractivity contribution is -0.131. The molecule has 1 fully saturated rings. The molecule has 3 nitrogen and oxygen atoms in total. The van der Waals surface area contributed by atoms with E-state index in [-0.39, 0.29) is 17.9 Å². The van der Waals surface area contributed by atoms with Crippen molar-refractivity contribution in [3.63, 3.8) is 0 Å². The van der Waals surface area contributed by atoms with Gasteiger partial charge in [0.2, 0.25) is 5.91 Å². The maximum absolute atomic E-state index is 12.3. The molecule has 138 valence electrons. The number of carbonyl (C=O) groups excluding carboxylic acids is 1. The van der Waals surface area contributed by atoms with E-state index in [1.54, 1.807) is 11.9 Å². The lowest BCUT2D eigenvalue weighted by atomic mass is 9.77. The van der Waals surface area contributed by atoms with Crippen LogP contribution < -0.4 is 0 Å². The summed E-state index contributed by atoms with van der Waals surface area (Å²) in [5.41, 5.74) is 4.63. The highest BCUT2D eigenvalue weighted by molar-refractivity contribution is 9.10. The molecule has 4 rings (SSSR count). The maximum Gasteiger partial charge on any atom is 0.240 e. The van der Waals surface area contributed by atoms with E-state index in [4.69, 9.17) is 5.10 Å². The predicted molar refractivity (Wildman–Crippen MR) is 116 cm³/mol. The monoisotopic (exact) mass is 486 g/mol. The van der Waals surface area contributed by atoms with Crippen LogP contribution in [0.1, 0.15) is 43.4 Å². The average Bonchev–Trinajstić information content (AvgIpc) is 3.05.